The van der Waals surface area contributed by atoms with Crippen molar-refractivity contribution in [1.82, 2.24) is 20.1 Å². The molecule has 0 spiro atoms. The summed E-state index contributed by atoms with van der Waals surface area (Å²) in [6, 6.07) is 4.47. The first-order valence-corrected chi connectivity index (χ1v) is 6.91. The maximum atomic E-state index is 4.68. The molecule has 5 heteroatoms. The fraction of sp³-hybridized carbons (Fsp3) is 0.500. The van der Waals surface area contributed by atoms with E-state index in [-0.39, 0.29) is 0 Å². The molecule has 0 aromatic carbocycles. The van der Waals surface area contributed by atoms with E-state index in [1.165, 1.54) is 12.8 Å². The Labute approximate surface area is 105 Å². The summed E-state index contributed by atoms with van der Waals surface area (Å²) in [4.78, 5) is 5.82. The molecule has 1 aliphatic rings. The van der Waals surface area contributed by atoms with Gasteiger partial charge in [-0.3, -0.25) is 4.68 Å². The molecule has 0 saturated carbocycles. The Morgan fingerprint density at radius 2 is 2.41 bits per heavy atom. The van der Waals surface area contributed by atoms with Crippen molar-refractivity contribution < 1.29 is 0 Å². The average molecular weight is 248 g/mol. The zero-order valence-corrected chi connectivity index (χ0v) is 10.7. The molecular weight excluding hydrogens is 232 g/mol. The van der Waals surface area contributed by atoms with Gasteiger partial charge in [-0.05, 0) is 30.8 Å². The molecule has 1 fully saturated rings. The normalized spacial score (nSPS) is 20.6. The zero-order valence-electron chi connectivity index (χ0n) is 9.89. The fourth-order valence-corrected chi connectivity index (χ4v) is 2.94. The summed E-state index contributed by atoms with van der Waals surface area (Å²) in [7, 11) is 1.98. The molecule has 4 nitrogen and oxygen atoms in total. The molecule has 1 atom stereocenters. The van der Waals surface area contributed by atoms with E-state index in [1.54, 1.807) is 11.3 Å². The van der Waals surface area contributed by atoms with Crippen molar-refractivity contribution in [3.63, 3.8) is 0 Å². The van der Waals surface area contributed by atoms with Crippen LogP contribution in [0.4, 0.5) is 0 Å². The van der Waals surface area contributed by atoms with E-state index in [2.05, 4.69) is 26.8 Å². The lowest BCUT2D eigenvalue weighted by Crippen LogP contribution is -2.29. The van der Waals surface area contributed by atoms with Crippen molar-refractivity contribution >= 4 is 11.3 Å². The lowest BCUT2D eigenvalue weighted by molar-refractivity contribution is 0.386. The van der Waals surface area contributed by atoms with Gasteiger partial charge in [-0.15, -0.1) is 11.3 Å². The van der Waals surface area contributed by atoms with Crippen LogP contribution in [0.25, 0.3) is 10.7 Å². The lowest BCUT2D eigenvalue weighted by Gasteiger charge is -2.22. The van der Waals surface area contributed by atoms with Crippen LogP contribution < -0.4 is 5.32 Å². The average Bonchev–Trinajstić information content (AvgIpc) is 2.99. The third-order valence-electron chi connectivity index (χ3n) is 3.16. The van der Waals surface area contributed by atoms with Gasteiger partial charge in [0.25, 0.3) is 0 Å². The quantitative estimate of drug-likeness (QED) is 0.887. The molecule has 0 radical (unpaired) electrons. The predicted octanol–water partition coefficient (Wildman–Crippen LogP) is 2.36. The molecule has 3 rings (SSSR count). The molecule has 17 heavy (non-hydrogen) atoms. The van der Waals surface area contributed by atoms with Crippen LogP contribution >= 0.6 is 11.3 Å². The van der Waals surface area contributed by atoms with Crippen LogP contribution in [0.1, 0.15) is 31.1 Å². The van der Waals surface area contributed by atoms with Gasteiger partial charge < -0.3 is 5.32 Å². The van der Waals surface area contributed by atoms with E-state index in [0.717, 1.165) is 29.5 Å². The van der Waals surface area contributed by atoms with Crippen molar-refractivity contribution in [3.8, 4) is 10.7 Å². The second kappa shape index (κ2) is 4.58. The summed E-state index contributed by atoms with van der Waals surface area (Å²) in [5.41, 5.74) is 0. The van der Waals surface area contributed by atoms with Gasteiger partial charge in [0.05, 0.1) is 10.9 Å². The van der Waals surface area contributed by atoms with Crippen molar-refractivity contribution in [2.45, 2.75) is 25.3 Å². The van der Waals surface area contributed by atoms with Gasteiger partial charge in [0.2, 0.25) is 0 Å². The van der Waals surface area contributed by atoms with E-state index in [1.807, 2.05) is 17.8 Å². The van der Waals surface area contributed by atoms with E-state index < -0.39 is 0 Å². The van der Waals surface area contributed by atoms with Crippen molar-refractivity contribution in [1.29, 1.82) is 0 Å². The lowest BCUT2D eigenvalue weighted by atomic mass is 10.0. The second-order valence-electron chi connectivity index (χ2n) is 4.40. The Morgan fingerprint density at radius 3 is 3.12 bits per heavy atom. The number of thiophene rings is 1. The van der Waals surface area contributed by atoms with Crippen molar-refractivity contribution in [2.75, 3.05) is 6.54 Å². The molecule has 0 amide bonds. The van der Waals surface area contributed by atoms with Crippen LogP contribution in [0.5, 0.6) is 0 Å². The van der Waals surface area contributed by atoms with Gasteiger partial charge in [0, 0.05) is 7.05 Å². The molecule has 3 heterocycles. The minimum Gasteiger partial charge on any atom is -0.307 e. The zero-order chi connectivity index (χ0) is 11.7. The van der Waals surface area contributed by atoms with Gasteiger partial charge in [0.1, 0.15) is 5.82 Å². The van der Waals surface area contributed by atoms with Crippen molar-refractivity contribution in [2.24, 2.45) is 7.05 Å². The van der Waals surface area contributed by atoms with E-state index in [0.29, 0.717) is 6.04 Å². The SMILES string of the molecule is Cn1nc(-c2cccs2)nc1C1CCCCN1. The van der Waals surface area contributed by atoms with Crippen LogP contribution in [0.2, 0.25) is 0 Å². The number of aromatic nitrogens is 3. The molecule has 1 aliphatic heterocycles. The van der Waals surface area contributed by atoms with E-state index in [9.17, 15) is 0 Å². The summed E-state index contributed by atoms with van der Waals surface area (Å²) in [6.45, 7) is 1.09. The summed E-state index contributed by atoms with van der Waals surface area (Å²) in [5, 5.41) is 10.1. The van der Waals surface area contributed by atoms with E-state index >= 15 is 0 Å². The Balaban J connectivity index is 1.90. The third-order valence-corrected chi connectivity index (χ3v) is 4.03. The fourth-order valence-electron chi connectivity index (χ4n) is 2.28. The number of piperidine rings is 1. The number of rotatable bonds is 2. The Bertz CT molecular complexity index is 483. The van der Waals surface area contributed by atoms with Crippen LogP contribution in [0, 0.1) is 0 Å². The first-order chi connectivity index (χ1) is 8.34. The van der Waals surface area contributed by atoms with Crippen LogP contribution in [0.15, 0.2) is 17.5 Å². The highest BCUT2D eigenvalue weighted by molar-refractivity contribution is 7.13. The molecule has 2 aromatic heterocycles. The van der Waals surface area contributed by atoms with Gasteiger partial charge in [0.15, 0.2) is 5.82 Å². The monoisotopic (exact) mass is 248 g/mol. The Kier molecular flexibility index (Phi) is 2.94. The van der Waals surface area contributed by atoms with Gasteiger partial charge >= 0.3 is 0 Å². The molecular formula is C12H16N4S. The molecule has 1 N–H and O–H groups in total. The van der Waals surface area contributed by atoms with Crippen LogP contribution in [-0.4, -0.2) is 21.3 Å². The van der Waals surface area contributed by atoms with Gasteiger partial charge in [-0.25, -0.2) is 4.98 Å². The predicted molar refractivity (Wildman–Crippen MR) is 68.9 cm³/mol. The Hall–Kier alpha value is -1.20. The highest BCUT2D eigenvalue weighted by Crippen LogP contribution is 2.25. The highest BCUT2D eigenvalue weighted by atomic mass is 32.1. The molecule has 0 aliphatic carbocycles. The Morgan fingerprint density at radius 1 is 1.47 bits per heavy atom. The van der Waals surface area contributed by atoms with E-state index in [4.69, 9.17) is 0 Å². The number of hydrogen-bond donors (Lipinski definition) is 1. The smallest absolute Gasteiger partial charge is 0.191 e. The molecule has 90 valence electrons. The van der Waals surface area contributed by atoms with Crippen molar-refractivity contribution in [3.05, 3.63) is 23.3 Å². The molecule has 1 unspecified atom stereocenters. The third kappa shape index (κ3) is 2.12. The first-order valence-electron chi connectivity index (χ1n) is 6.03. The van der Waals surface area contributed by atoms with Gasteiger partial charge in [-0.1, -0.05) is 12.5 Å². The first kappa shape index (κ1) is 10.9. The summed E-state index contributed by atoms with van der Waals surface area (Å²) >= 11 is 1.69. The van der Waals surface area contributed by atoms with Crippen LogP contribution in [0.3, 0.4) is 0 Å². The van der Waals surface area contributed by atoms with Crippen LogP contribution in [-0.2, 0) is 7.05 Å². The second-order valence-corrected chi connectivity index (χ2v) is 5.34. The summed E-state index contributed by atoms with van der Waals surface area (Å²) < 4.78 is 1.91. The standard InChI is InChI=1S/C12H16N4S/c1-16-12(9-5-2-3-7-13-9)14-11(15-16)10-6-4-8-17-10/h4,6,8-9,13H,2-3,5,7H2,1H3. The number of aryl methyl sites for hydroxylation is 1. The number of nitrogens with zero attached hydrogens (tertiary/aromatic N) is 3. The largest absolute Gasteiger partial charge is 0.307 e. The maximum Gasteiger partial charge on any atom is 0.191 e. The topological polar surface area (TPSA) is 42.7 Å². The van der Waals surface area contributed by atoms with Gasteiger partial charge in [-0.2, -0.15) is 5.10 Å². The summed E-state index contributed by atoms with van der Waals surface area (Å²) in [6.07, 6.45) is 3.71. The maximum absolute atomic E-state index is 4.68. The minimum atomic E-state index is 0.370. The molecule has 2 aromatic rings. The summed E-state index contributed by atoms with van der Waals surface area (Å²) in [5.74, 6) is 1.91. The molecule has 0 bridgehead atoms. The number of nitrogens with one attached hydrogen (secondary N) is 1. The highest BCUT2D eigenvalue weighted by Gasteiger charge is 2.21. The minimum absolute atomic E-state index is 0.370. The molecule has 1 saturated heterocycles. The number of hydrogen-bond acceptors (Lipinski definition) is 4.